The number of hydrogen-bond donors (Lipinski definition) is 2. The molecule has 4 rings (SSSR count). The minimum Gasteiger partial charge on any atom is -0.400 e. The van der Waals surface area contributed by atoms with E-state index in [-0.39, 0.29) is 0 Å². The molecular formula is C23H21N5O. The molecule has 1 saturated heterocycles. The second-order valence-corrected chi connectivity index (χ2v) is 6.74. The van der Waals surface area contributed by atoms with Crippen molar-refractivity contribution in [2.75, 3.05) is 20.2 Å². The van der Waals surface area contributed by atoms with Gasteiger partial charge in [-0.2, -0.15) is 15.8 Å². The van der Waals surface area contributed by atoms with Crippen molar-refractivity contribution in [1.29, 1.82) is 15.8 Å². The van der Waals surface area contributed by atoms with Gasteiger partial charge in [0.25, 0.3) is 0 Å². The van der Waals surface area contributed by atoms with Crippen LogP contribution in [0.3, 0.4) is 0 Å². The molecule has 6 nitrogen and oxygen atoms in total. The topological polar surface area (TPSA) is 107 Å². The Kier molecular flexibility index (Phi) is 5.84. The zero-order chi connectivity index (χ0) is 20.9. The van der Waals surface area contributed by atoms with E-state index in [1.54, 1.807) is 0 Å². The van der Waals surface area contributed by atoms with Crippen molar-refractivity contribution >= 4 is 0 Å². The number of nitrogens with zero attached hydrogens (tertiary/aromatic N) is 4. The van der Waals surface area contributed by atoms with Crippen molar-refractivity contribution in [2.45, 2.75) is 12.0 Å². The second-order valence-electron chi connectivity index (χ2n) is 6.74. The lowest BCUT2D eigenvalue weighted by Crippen LogP contribution is -2.47. The first-order chi connectivity index (χ1) is 14.3. The van der Waals surface area contributed by atoms with Crippen LogP contribution in [0, 0.1) is 39.4 Å². The molecule has 0 spiro atoms. The van der Waals surface area contributed by atoms with Gasteiger partial charge in [-0.1, -0.05) is 60.7 Å². The quantitative estimate of drug-likeness (QED) is 0.826. The summed E-state index contributed by atoms with van der Waals surface area (Å²) >= 11 is 0. The van der Waals surface area contributed by atoms with E-state index >= 15 is 0 Å². The highest BCUT2D eigenvalue weighted by molar-refractivity contribution is 5.52. The molecule has 0 bridgehead atoms. The summed E-state index contributed by atoms with van der Waals surface area (Å²) in [6.45, 7) is 1.32. The fraction of sp³-hybridized carbons (Fsp3) is 0.261. The lowest BCUT2D eigenvalue weighted by Gasteiger charge is -2.46. The van der Waals surface area contributed by atoms with Crippen LogP contribution in [0.15, 0.2) is 72.1 Å². The number of fused-ring (bicyclic) bond motifs is 1. The van der Waals surface area contributed by atoms with Crippen molar-refractivity contribution in [2.24, 2.45) is 5.41 Å². The Bertz CT molecular complexity index is 997. The molecule has 0 amide bonds. The van der Waals surface area contributed by atoms with Gasteiger partial charge in [-0.05, 0) is 11.1 Å². The van der Waals surface area contributed by atoms with Gasteiger partial charge in [0.2, 0.25) is 0 Å². The van der Waals surface area contributed by atoms with E-state index in [0.29, 0.717) is 18.7 Å². The molecule has 2 aliphatic heterocycles. The van der Waals surface area contributed by atoms with E-state index in [1.807, 2.05) is 65.6 Å². The molecule has 1 fully saturated rings. The molecule has 2 N–H and O–H groups in total. The van der Waals surface area contributed by atoms with Gasteiger partial charge in [0, 0.05) is 20.2 Å². The summed E-state index contributed by atoms with van der Waals surface area (Å²) in [6.07, 6.45) is 0. The normalized spacial score (nSPS) is 21.4. The van der Waals surface area contributed by atoms with Crippen LogP contribution >= 0.6 is 0 Å². The number of benzene rings is 2. The maximum absolute atomic E-state index is 10.3. The molecule has 0 aromatic heterocycles. The molecule has 2 aliphatic rings. The van der Waals surface area contributed by atoms with Crippen LogP contribution in [0.1, 0.15) is 23.1 Å². The van der Waals surface area contributed by atoms with E-state index in [1.165, 1.54) is 0 Å². The number of aliphatic hydroxyl groups excluding tert-OH is 1. The predicted octanol–water partition coefficient (Wildman–Crippen LogP) is 2.81. The molecule has 0 saturated carbocycles. The first-order valence-corrected chi connectivity index (χ1v) is 9.28. The molecule has 0 radical (unpaired) electrons. The lowest BCUT2D eigenvalue weighted by atomic mass is 9.62. The first-order valence-electron chi connectivity index (χ1n) is 9.28. The molecule has 0 aliphatic carbocycles. The van der Waals surface area contributed by atoms with Crippen LogP contribution in [0.4, 0.5) is 0 Å². The van der Waals surface area contributed by atoms with Crippen LogP contribution < -0.4 is 5.32 Å². The maximum atomic E-state index is 10.3. The van der Waals surface area contributed by atoms with Gasteiger partial charge in [0.05, 0.1) is 35.7 Å². The zero-order valence-electron chi connectivity index (χ0n) is 16.1. The largest absolute Gasteiger partial charge is 0.400 e. The Hall–Kier alpha value is -3.79. The van der Waals surface area contributed by atoms with Crippen molar-refractivity contribution in [3.05, 3.63) is 83.2 Å². The van der Waals surface area contributed by atoms with Crippen molar-refractivity contribution in [3.8, 4) is 18.2 Å². The number of rotatable bonds is 2. The van der Waals surface area contributed by atoms with Crippen LogP contribution in [0.5, 0.6) is 0 Å². The smallest absolute Gasteiger partial charge is 0.179 e. The molecular weight excluding hydrogens is 362 g/mol. The summed E-state index contributed by atoms with van der Waals surface area (Å²) in [5, 5.41) is 40.8. The maximum Gasteiger partial charge on any atom is 0.179 e. The highest BCUT2D eigenvalue weighted by Crippen LogP contribution is 2.56. The number of aliphatic hydroxyl groups is 1. The Labute approximate surface area is 170 Å². The number of allylic oxidation sites excluding steroid dienone is 1. The highest BCUT2D eigenvalue weighted by Gasteiger charge is 2.57. The van der Waals surface area contributed by atoms with E-state index in [0.717, 1.165) is 24.1 Å². The van der Waals surface area contributed by atoms with Crippen LogP contribution in [-0.4, -0.2) is 30.2 Å². The standard InChI is InChI=1S/C22H17N5.CH4O/c23-13-18-19(16-7-3-1-4-8-16)22(14-24,15-25)20(17-9-5-2-6-10-17)27-12-11-26-21(18)27;1-2/h1-10,19-20,26H,11-12H2;2H,1H3/t19-,20-;/m0./s1. The Morgan fingerprint density at radius 1 is 0.931 bits per heavy atom. The van der Waals surface area contributed by atoms with Crippen LogP contribution in [0.25, 0.3) is 0 Å². The number of nitrogens with one attached hydrogen (secondary N) is 1. The van der Waals surface area contributed by atoms with Crippen molar-refractivity contribution in [3.63, 3.8) is 0 Å². The molecule has 29 heavy (non-hydrogen) atoms. The Morgan fingerprint density at radius 3 is 2.00 bits per heavy atom. The minimum atomic E-state index is -1.41. The second kappa shape index (κ2) is 8.48. The average Bonchev–Trinajstić information content (AvgIpc) is 3.28. The van der Waals surface area contributed by atoms with E-state index < -0.39 is 17.4 Å². The Balaban J connectivity index is 0.00000117. The summed E-state index contributed by atoms with van der Waals surface area (Å²) in [5.41, 5.74) is 0.746. The lowest BCUT2D eigenvalue weighted by molar-refractivity contribution is 0.155. The fourth-order valence-corrected chi connectivity index (χ4v) is 4.33. The number of nitriles is 3. The van der Waals surface area contributed by atoms with E-state index in [9.17, 15) is 15.8 Å². The van der Waals surface area contributed by atoms with E-state index in [4.69, 9.17) is 5.11 Å². The summed E-state index contributed by atoms with van der Waals surface area (Å²) in [6, 6.07) is 25.5. The first kappa shape index (κ1) is 20.0. The van der Waals surface area contributed by atoms with Crippen molar-refractivity contribution < 1.29 is 5.11 Å². The van der Waals surface area contributed by atoms with Crippen molar-refractivity contribution in [1.82, 2.24) is 10.2 Å². The van der Waals surface area contributed by atoms with Gasteiger partial charge in [0.1, 0.15) is 5.82 Å². The molecule has 2 aromatic rings. The SMILES string of the molecule is CO.N#CC1=C2NCCN2[C@@H](c2ccccc2)C(C#N)(C#N)[C@H]1c1ccccc1. The number of hydrogen-bond acceptors (Lipinski definition) is 6. The summed E-state index contributed by atoms with van der Waals surface area (Å²) in [7, 11) is 1.00. The van der Waals surface area contributed by atoms with Gasteiger partial charge in [-0.3, -0.25) is 0 Å². The van der Waals surface area contributed by atoms with E-state index in [2.05, 4.69) is 23.5 Å². The zero-order valence-corrected chi connectivity index (χ0v) is 16.1. The van der Waals surface area contributed by atoms with Crippen LogP contribution in [0.2, 0.25) is 0 Å². The van der Waals surface area contributed by atoms with Gasteiger partial charge in [0.15, 0.2) is 5.41 Å². The molecule has 6 heteroatoms. The molecule has 2 aromatic carbocycles. The summed E-state index contributed by atoms with van der Waals surface area (Å²) in [5.74, 6) is 0.113. The third-order valence-corrected chi connectivity index (χ3v) is 5.41. The fourth-order valence-electron chi connectivity index (χ4n) is 4.33. The van der Waals surface area contributed by atoms with Gasteiger partial charge in [-0.15, -0.1) is 0 Å². The van der Waals surface area contributed by atoms with Gasteiger partial charge >= 0.3 is 0 Å². The third kappa shape index (κ3) is 3.09. The minimum absolute atomic E-state index is 0.453. The highest BCUT2D eigenvalue weighted by atomic mass is 16.2. The summed E-state index contributed by atoms with van der Waals surface area (Å²) < 4.78 is 0. The molecule has 144 valence electrons. The molecule has 2 heterocycles. The Morgan fingerprint density at radius 2 is 1.48 bits per heavy atom. The van der Waals surface area contributed by atoms with Gasteiger partial charge < -0.3 is 15.3 Å². The third-order valence-electron chi connectivity index (χ3n) is 5.41. The average molecular weight is 383 g/mol. The predicted molar refractivity (Wildman–Crippen MR) is 108 cm³/mol. The molecule has 2 atom stereocenters. The summed E-state index contributed by atoms with van der Waals surface area (Å²) in [4.78, 5) is 2.01. The van der Waals surface area contributed by atoms with Gasteiger partial charge in [-0.25, -0.2) is 0 Å². The van der Waals surface area contributed by atoms with Crippen LogP contribution in [-0.2, 0) is 0 Å². The monoisotopic (exact) mass is 383 g/mol. The molecule has 0 unspecified atom stereocenters.